The van der Waals surface area contributed by atoms with E-state index in [2.05, 4.69) is 4.74 Å². The third-order valence-corrected chi connectivity index (χ3v) is 1.57. The summed E-state index contributed by atoms with van der Waals surface area (Å²) in [5.74, 6) is -0.176. The summed E-state index contributed by atoms with van der Waals surface area (Å²) in [5.41, 5.74) is 0.981. The Morgan fingerprint density at radius 1 is 1.07 bits per heavy atom. The lowest BCUT2D eigenvalue weighted by atomic mass is 10.2. The van der Waals surface area contributed by atoms with Crippen molar-refractivity contribution in [3.63, 3.8) is 0 Å². The van der Waals surface area contributed by atoms with Gasteiger partial charge in [0.05, 0.1) is 0 Å². The van der Waals surface area contributed by atoms with Crippen LogP contribution in [0.4, 0.5) is 13.2 Å². The van der Waals surface area contributed by atoms with Gasteiger partial charge in [0.2, 0.25) is 0 Å². The molecule has 0 aliphatic rings. The van der Waals surface area contributed by atoms with Crippen molar-refractivity contribution in [2.75, 3.05) is 0 Å². The van der Waals surface area contributed by atoms with Crippen LogP contribution in [-0.4, -0.2) is 6.36 Å². The minimum Gasteiger partial charge on any atom is -0.406 e. The van der Waals surface area contributed by atoms with Gasteiger partial charge >= 0.3 is 6.36 Å². The Morgan fingerprint density at radius 2 is 1.53 bits per heavy atom. The number of hydrogen-bond acceptors (Lipinski definition) is 1. The molecular formula is C11H15F3O. The number of hydrogen-bond donors (Lipinski definition) is 0. The van der Waals surface area contributed by atoms with Crippen LogP contribution in [0, 0.1) is 0 Å². The molecule has 1 rings (SSSR count). The van der Waals surface area contributed by atoms with Gasteiger partial charge in [0, 0.05) is 0 Å². The van der Waals surface area contributed by atoms with E-state index in [1.807, 2.05) is 20.8 Å². The highest BCUT2D eigenvalue weighted by Gasteiger charge is 2.30. The third kappa shape index (κ3) is 5.99. The van der Waals surface area contributed by atoms with E-state index >= 15 is 0 Å². The maximum atomic E-state index is 11.7. The molecule has 1 aromatic rings. The average molecular weight is 220 g/mol. The van der Waals surface area contributed by atoms with Gasteiger partial charge in [-0.05, 0) is 24.1 Å². The molecule has 0 spiro atoms. The topological polar surface area (TPSA) is 9.23 Å². The first-order valence-corrected chi connectivity index (χ1v) is 4.86. The van der Waals surface area contributed by atoms with Gasteiger partial charge in [-0.1, -0.05) is 32.9 Å². The summed E-state index contributed by atoms with van der Waals surface area (Å²) >= 11 is 0. The normalized spacial score (nSPS) is 10.3. The van der Waals surface area contributed by atoms with E-state index in [1.54, 1.807) is 12.1 Å². The Hall–Kier alpha value is -1.19. The van der Waals surface area contributed by atoms with E-state index in [4.69, 9.17) is 0 Å². The summed E-state index contributed by atoms with van der Waals surface area (Å²) in [6.07, 6.45) is -3.81. The molecule has 0 fully saturated rings. The van der Waals surface area contributed by atoms with Gasteiger partial charge in [0.1, 0.15) is 5.75 Å². The van der Waals surface area contributed by atoms with Crippen LogP contribution in [0.25, 0.3) is 0 Å². The van der Waals surface area contributed by atoms with Crippen molar-refractivity contribution in [2.45, 2.75) is 33.6 Å². The van der Waals surface area contributed by atoms with Gasteiger partial charge in [0.15, 0.2) is 0 Å². The summed E-state index contributed by atoms with van der Waals surface area (Å²) in [6, 6.07) is 5.85. The minimum absolute atomic E-state index is 0.176. The SMILES string of the molecule is CC.CCc1ccc(OC(F)(F)F)cc1. The highest BCUT2D eigenvalue weighted by atomic mass is 19.4. The molecule has 4 heteroatoms. The average Bonchev–Trinajstić information content (AvgIpc) is 2.20. The number of ether oxygens (including phenoxy) is 1. The fourth-order valence-corrected chi connectivity index (χ4v) is 0.927. The molecule has 0 aliphatic heterocycles. The summed E-state index contributed by atoms with van der Waals surface area (Å²) in [6.45, 7) is 5.93. The van der Waals surface area contributed by atoms with E-state index in [0.29, 0.717) is 0 Å². The van der Waals surface area contributed by atoms with Crippen molar-refractivity contribution in [3.8, 4) is 5.75 Å². The molecule has 0 radical (unpaired) electrons. The minimum atomic E-state index is -4.60. The summed E-state index contributed by atoms with van der Waals surface area (Å²) in [4.78, 5) is 0. The van der Waals surface area contributed by atoms with Gasteiger partial charge in [-0.15, -0.1) is 13.2 Å². The molecule has 0 amide bonds. The van der Waals surface area contributed by atoms with Crippen LogP contribution in [-0.2, 0) is 6.42 Å². The number of rotatable bonds is 2. The quantitative estimate of drug-likeness (QED) is 0.726. The molecule has 0 saturated heterocycles. The zero-order chi connectivity index (χ0) is 11.9. The first kappa shape index (κ1) is 13.8. The molecular weight excluding hydrogens is 205 g/mol. The maximum absolute atomic E-state index is 11.7. The van der Waals surface area contributed by atoms with Crippen LogP contribution in [0.5, 0.6) is 5.75 Å². The lowest BCUT2D eigenvalue weighted by molar-refractivity contribution is -0.274. The van der Waals surface area contributed by atoms with Crippen molar-refractivity contribution < 1.29 is 17.9 Å². The predicted molar refractivity (Wildman–Crippen MR) is 53.9 cm³/mol. The Morgan fingerprint density at radius 3 is 1.87 bits per heavy atom. The number of benzene rings is 1. The van der Waals surface area contributed by atoms with Crippen LogP contribution < -0.4 is 4.74 Å². The smallest absolute Gasteiger partial charge is 0.406 e. The summed E-state index contributed by atoms with van der Waals surface area (Å²) in [7, 11) is 0. The van der Waals surface area contributed by atoms with E-state index in [9.17, 15) is 13.2 Å². The largest absolute Gasteiger partial charge is 0.573 e. The fourth-order valence-electron chi connectivity index (χ4n) is 0.927. The Labute approximate surface area is 87.9 Å². The van der Waals surface area contributed by atoms with Crippen LogP contribution >= 0.6 is 0 Å². The lowest BCUT2D eigenvalue weighted by Crippen LogP contribution is -2.16. The number of halogens is 3. The molecule has 1 aromatic carbocycles. The fraction of sp³-hybridized carbons (Fsp3) is 0.455. The molecule has 0 bridgehead atoms. The Bertz CT molecular complexity index is 264. The van der Waals surface area contributed by atoms with Crippen LogP contribution in [0.15, 0.2) is 24.3 Å². The lowest BCUT2D eigenvalue weighted by Gasteiger charge is -2.08. The second kappa shape index (κ2) is 6.32. The molecule has 0 aliphatic carbocycles. The zero-order valence-electron chi connectivity index (χ0n) is 9.06. The first-order valence-electron chi connectivity index (χ1n) is 4.86. The van der Waals surface area contributed by atoms with Gasteiger partial charge in [-0.2, -0.15) is 0 Å². The molecule has 0 unspecified atom stereocenters. The molecule has 0 aromatic heterocycles. The summed E-state index contributed by atoms with van der Waals surface area (Å²) in [5, 5.41) is 0. The van der Waals surface area contributed by atoms with Gasteiger partial charge in [0.25, 0.3) is 0 Å². The van der Waals surface area contributed by atoms with E-state index < -0.39 is 6.36 Å². The maximum Gasteiger partial charge on any atom is 0.573 e. The van der Waals surface area contributed by atoms with Crippen molar-refractivity contribution >= 4 is 0 Å². The highest BCUT2D eigenvalue weighted by Crippen LogP contribution is 2.22. The highest BCUT2D eigenvalue weighted by molar-refractivity contribution is 5.27. The van der Waals surface area contributed by atoms with Gasteiger partial charge in [-0.25, -0.2) is 0 Å². The number of alkyl halides is 3. The second-order valence-electron chi connectivity index (χ2n) is 2.55. The molecule has 86 valence electrons. The third-order valence-electron chi connectivity index (χ3n) is 1.57. The van der Waals surface area contributed by atoms with Crippen molar-refractivity contribution in [1.29, 1.82) is 0 Å². The molecule has 0 atom stereocenters. The Balaban J connectivity index is 0.000000921. The number of aryl methyl sites for hydroxylation is 1. The van der Waals surface area contributed by atoms with E-state index in [-0.39, 0.29) is 5.75 Å². The Kier molecular flexibility index (Phi) is 5.82. The van der Waals surface area contributed by atoms with Crippen LogP contribution in [0.2, 0.25) is 0 Å². The van der Waals surface area contributed by atoms with Crippen molar-refractivity contribution in [3.05, 3.63) is 29.8 Å². The zero-order valence-corrected chi connectivity index (χ0v) is 9.06. The van der Waals surface area contributed by atoms with Crippen LogP contribution in [0.3, 0.4) is 0 Å². The van der Waals surface area contributed by atoms with E-state index in [0.717, 1.165) is 12.0 Å². The molecule has 0 N–H and O–H groups in total. The molecule has 0 heterocycles. The predicted octanol–water partition coefficient (Wildman–Crippen LogP) is 4.17. The molecule has 1 nitrogen and oxygen atoms in total. The van der Waals surface area contributed by atoms with Gasteiger partial charge < -0.3 is 4.74 Å². The standard InChI is InChI=1S/C9H9F3O.C2H6/c1-2-7-3-5-8(6-4-7)13-9(10,11)12;1-2/h3-6H,2H2,1H3;1-2H3. The van der Waals surface area contributed by atoms with Crippen molar-refractivity contribution in [1.82, 2.24) is 0 Å². The second-order valence-corrected chi connectivity index (χ2v) is 2.55. The molecule has 15 heavy (non-hydrogen) atoms. The first-order chi connectivity index (χ1) is 7.01. The van der Waals surface area contributed by atoms with Crippen LogP contribution in [0.1, 0.15) is 26.3 Å². The van der Waals surface area contributed by atoms with E-state index in [1.165, 1.54) is 12.1 Å². The monoisotopic (exact) mass is 220 g/mol. The van der Waals surface area contributed by atoms with Gasteiger partial charge in [-0.3, -0.25) is 0 Å². The van der Waals surface area contributed by atoms with Crippen molar-refractivity contribution in [2.24, 2.45) is 0 Å². The summed E-state index contributed by atoms with van der Waals surface area (Å²) < 4.78 is 38.8. The molecule has 0 saturated carbocycles.